The van der Waals surface area contributed by atoms with Gasteiger partial charge in [0.2, 0.25) is 0 Å². The third-order valence-electron chi connectivity index (χ3n) is 3.94. The maximum atomic E-state index is 9.11. The predicted octanol–water partition coefficient (Wildman–Crippen LogP) is 4.07. The van der Waals surface area contributed by atoms with Gasteiger partial charge >= 0.3 is 0 Å². The van der Waals surface area contributed by atoms with Crippen molar-refractivity contribution < 1.29 is 5.11 Å². The molecule has 19 heavy (non-hydrogen) atoms. The molecule has 0 spiro atoms. The minimum Gasteiger partial charge on any atom is -0.392 e. The van der Waals surface area contributed by atoms with Gasteiger partial charge in [-0.3, -0.25) is 0 Å². The Morgan fingerprint density at radius 3 is 1.58 bits per heavy atom. The summed E-state index contributed by atoms with van der Waals surface area (Å²) >= 11 is 0. The fraction of sp³-hybridized carbons (Fsp3) is 0.333. The van der Waals surface area contributed by atoms with Crippen LogP contribution in [0.5, 0.6) is 0 Å². The van der Waals surface area contributed by atoms with Gasteiger partial charge in [0.1, 0.15) is 0 Å². The van der Waals surface area contributed by atoms with Crippen molar-refractivity contribution in [1.82, 2.24) is 0 Å². The normalized spacial score (nSPS) is 11.6. The van der Waals surface area contributed by atoms with Crippen molar-refractivity contribution in [2.45, 2.75) is 39.2 Å². The van der Waals surface area contributed by atoms with E-state index in [1.54, 1.807) is 0 Å². The molecule has 2 rings (SSSR count). The first kappa shape index (κ1) is 13.8. The number of rotatable bonds is 4. The molecule has 0 bridgehead atoms. The zero-order chi connectivity index (χ0) is 13.9. The number of hydrogen-bond donors (Lipinski definition) is 1. The summed E-state index contributed by atoms with van der Waals surface area (Å²) in [6, 6.07) is 17.1. The van der Waals surface area contributed by atoms with Gasteiger partial charge < -0.3 is 5.11 Å². The largest absolute Gasteiger partial charge is 0.392 e. The SMILES string of the molecule is CCc1ccc(C(C)(C)c2ccc(CO)cc2)cc1. The van der Waals surface area contributed by atoms with Crippen molar-refractivity contribution in [2.24, 2.45) is 0 Å². The molecule has 2 aromatic carbocycles. The molecule has 2 aromatic rings. The monoisotopic (exact) mass is 254 g/mol. The van der Waals surface area contributed by atoms with Crippen molar-refractivity contribution in [3.63, 3.8) is 0 Å². The first-order valence-electron chi connectivity index (χ1n) is 6.87. The molecule has 1 N–H and O–H groups in total. The molecule has 0 aliphatic carbocycles. The van der Waals surface area contributed by atoms with Crippen LogP contribution in [0.3, 0.4) is 0 Å². The van der Waals surface area contributed by atoms with Crippen molar-refractivity contribution in [1.29, 1.82) is 0 Å². The van der Waals surface area contributed by atoms with E-state index in [1.165, 1.54) is 16.7 Å². The Morgan fingerprint density at radius 1 is 0.789 bits per heavy atom. The second kappa shape index (κ2) is 5.58. The zero-order valence-corrected chi connectivity index (χ0v) is 12.0. The fourth-order valence-electron chi connectivity index (χ4n) is 2.35. The smallest absolute Gasteiger partial charge is 0.0681 e. The van der Waals surface area contributed by atoms with Crippen LogP contribution in [-0.2, 0) is 18.4 Å². The molecule has 0 aliphatic rings. The van der Waals surface area contributed by atoms with Gasteiger partial charge in [0.25, 0.3) is 0 Å². The topological polar surface area (TPSA) is 20.2 Å². The lowest BCUT2D eigenvalue weighted by molar-refractivity contribution is 0.282. The Morgan fingerprint density at radius 2 is 1.21 bits per heavy atom. The molecular formula is C18H22O. The van der Waals surface area contributed by atoms with E-state index in [-0.39, 0.29) is 12.0 Å². The second-order valence-corrected chi connectivity index (χ2v) is 5.53. The minimum atomic E-state index is -0.0136. The third-order valence-corrected chi connectivity index (χ3v) is 3.94. The van der Waals surface area contributed by atoms with Crippen molar-refractivity contribution in [3.05, 3.63) is 70.8 Å². The molecule has 0 heterocycles. The van der Waals surface area contributed by atoms with Gasteiger partial charge in [-0.15, -0.1) is 0 Å². The van der Waals surface area contributed by atoms with E-state index in [1.807, 2.05) is 12.1 Å². The quantitative estimate of drug-likeness (QED) is 0.872. The molecular weight excluding hydrogens is 232 g/mol. The summed E-state index contributed by atoms with van der Waals surface area (Å²) in [7, 11) is 0. The van der Waals surface area contributed by atoms with Crippen LogP contribution in [0, 0.1) is 0 Å². The van der Waals surface area contributed by atoms with E-state index in [2.05, 4.69) is 57.2 Å². The Bertz CT molecular complexity index is 471. The molecule has 0 unspecified atom stereocenters. The maximum absolute atomic E-state index is 9.11. The van der Waals surface area contributed by atoms with Gasteiger partial charge in [0, 0.05) is 5.41 Å². The number of benzene rings is 2. The van der Waals surface area contributed by atoms with Crippen LogP contribution in [0.15, 0.2) is 48.5 Å². The first-order chi connectivity index (χ1) is 9.07. The Labute approximate surface area is 115 Å². The summed E-state index contributed by atoms with van der Waals surface area (Å²) in [5.74, 6) is 0. The van der Waals surface area contributed by atoms with Gasteiger partial charge in [0.15, 0.2) is 0 Å². The minimum absolute atomic E-state index is 0.0136. The molecule has 0 aromatic heterocycles. The standard InChI is InChI=1S/C18H22O/c1-4-14-5-9-16(10-6-14)18(2,3)17-11-7-15(13-19)8-12-17/h5-12,19H,4,13H2,1-3H3. The molecule has 0 atom stereocenters. The summed E-state index contributed by atoms with van der Waals surface area (Å²) in [5.41, 5.74) is 4.91. The van der Waals surface area contributed by atoms with E-state index in [0.29, 0.717) is 0 Å². The van der Waals surface area contributed by atoms with Crippen LogP contribution in [0.4, 0.5) is 0 Å². The first-order valence-corrected chi connectivity index (χ1v) is 6.87. The second-order valence-electron chi connectivity index (χ2n) is 5.53. The van der Waals surface area contributed by atoms with Gasteiger partial charge in [-0.1, -0.05) is 69.3 Å². The molecule has 0 radical (unpaired) electrons. The average Bonchev–Trinajstić information content (AvgIpc) is 2.47. The Kier molecular flexibility index (Phi) is 4.06. The molecule has 0 fully saturated rings. The molecule has 0 amide bonds. The van der Waals surface area contributed by atoms with Crippen LogP contribution >= 0.6 is 0 Å². The molecule has 1 heteroatoms. The average molecular weight is 254 g/mol. The van der Waals surface area contributed by atoms with Crippen molar-refractivity contribution in [2.75, 3.05) is 0 Å². The van der Waals surface area contributed by atoms with E-state index in [9.17, 15) is 0 Å². The predicted molar refractivity (Wildman–Crippen MR) is 80.3 cm³/mol. The van der Waals surface area contributed by atoms with Crippen LogP contribution in [0.25, 0.3) is 0 Å². The van der Waals surface area contributed by atoms with Gasteiger partial charge in [0.05, 0.1) is 6.61 Å². The number of aryl methyl sites for hydroxylation is 1. The summed E-state index contributed by atoms with van der Waals surface area (Å²) in [5, 5.41) is 9.11. The summed E-state index contributed by atoms with van der Waals surface area (Å²) < 4.78 is 0. The highest BCUT2D eigenvalue weighted by Crippen LogP contribution is 2.31. The maximum Gasteiger partial charge on any atom is 0.0681 e. The van der Waals surface area contributed by atoms with Crippen LogP contribution < -0.4 is 0 Å². The third kappa shape index (κ3) is 2.87. The summed E-state index contributed by atoms with van der Waals surface area (Å²) in [4.78, 5) is 0. The highest BCUT2D eigenvalue weighted by molar-refractivity contribution is 5.39. The molecule has 0 aliphatic heterocycles. The number of hydrogen-bond acceptors (Lipinski definition) is 1. The van der Waals surface area contributed by atoms with Gasteiger partial charge in [-0.05, 0) is 28.7 Å². The van der Waals surface area contributed by atoms with Crippen LogP contribution in [0.1, 0.15) is 43.0 Å². The van der Waals surface area contributed by atoms with Gasteiger partial charge in [-0.25, -0.2) is 0 Å². The number of aliphatic hydroxyl groups is 1. The lowest BCUT2D eigenvalue weighted by Crippen LogP contribution is -2.18. The molecule has 0 saturated heterocycles. The van der Waals surface area contributed by atoms with Crippen molar-refractivity contribution in [3.8, 4) is 0 Å². The fourth-order valence-corrected chi connectivity index (χ4v) is 2.35. The van der Waals surface area contributed by atoms with E-state index < -0.39 is 0 Å². The molecule has 1 nitrogen and oxygen atoms in total. The van der Waals surface area contributed by atoms with E-state index in [0.717, 1.165) is 12.0 Å². The van der Waals surface area contributed by atoms with E-state index >= 15 is 0 Å². The van der Waals surface area contributed by atoms with Gasteiger partial charge in [-0.2, -0.15) is 0 Å². The number of aliphatic hydroxyl groups excluding tert-OH is 1. The van der Waals surface area contributed by atoms with Crippen LogP contribution in [0.2, 0.25) is 0 Å². The lowest BCUT2D eigenvalue weighted by Gasteiger charge is -2.26. The molecule has 100 valence electrons. The highest BCUT2D eigenvalue weighted by Gasteiger charge is 2.22. The Hall–Kier alpha value is -1.60. The highest BCUT2D eigenvalue weighted by atomic mass is 16.3. The Balaban J connectivity index is 2.33. The van der Waals surface area contributed by atoms with E-state index in [4.69, 9.17) is 5.11 Å². The zero-order valence-electron chi connectivity index (χ0n) is 12.0. The van der Waals surface area contributed by atoms with Crippen molar-refractivity contribution >= 4 is 0 Å². The summed E-state index contributed by atoms with van der Waals surface area (Å²) in [6.45, 7) is 6.75. The van der Waals surface area contributed by atoms with Crippen LogP contribution in [-0.4, -0.2) is 5.11 Å². The lowest BCUT2D eigenvalue weighted by atomic mass is 9.78. The molecule has 0 saturated carbocycles. The summed E-state index contributed by atoms with van der Waals surface area (Å²) in [6.07, 6.45) is 1.08.